The third kappa shape index (κ3) is 4.65. The molecule has 0 aliphatic rings. The molecule has 0 spiro atoms. The highest BCUT2D eigenvalue weighted by Gasteiger charge is 2.21. The van der Waals surface area contributed by atoms with Crippen LogP contribution < -0.4 is 4.72 Å². The summed E-state index contributed by atoms with van der Waals surface area (Å²) in [5.41, 5.74) is 0. The first-order valence-corrected chi connectivity index (χ1v) is 6.69. The third-order valence-corrected chi connectivity index (χ3v) is 3.89. The van der Waals surface area contributed by atoms with Crippen molar-refractivity contribution in [3.63, 3.8) is 0 Å². The van der Waals surface area contributed by atoms with Gasteiger partial charge in [0.25, 0.3) is 10.2 Å². The molecule has 0 fully saturated rings. The smallest absolute Gasteiger partial charge is 0.195 e. The molecule has 0 heterocycles. The van der Waals surface area contributed by atoms with Crippen LogP contribution in [0.15, 0.2) is 0 Å². The van der Waals surface area contributed by atoms with Gasteiger partial charge in [0.2, 0.25) is 0 Å². The number of hydrogen-bond donors (Lipinski definition) is 1. The first kappa shape index (κ1) is 14.4. The van der Waals surface area contributed by atoms with Crippen LogP contribution in [0.4, 0.5) is 0 Å². The van der Waals surface area contributed by atoms with Crippen LogP contribution >= 0.6 is 0 Å². The van der Waals surface area contributed by atoms with Crippen molar-refractivity contribution in [1.82, 2.24) is 9.03 Å². The number of rotatable bonds is 7. The Morgan fingerprint density at radius 1 is 1.33 bits per heavy atom. The molecule has 1 atom stereocenters. The molecule has 0 aromatic carbocycles. The van der Waals surface area contributed by atoms with Crippen LogP contribution in [0.1, 0.15) is 33.6 Å². The van der Waals surface area contributed by atoms with Gasteiger partial charge >= 0.3 is 0 Å². The molecule has 0 aliphatic carbocycles. The zero-order chi connectivity index (χ0) is 11.9. The number of hydrogen-bond acceptors (Lipinski definition) is 2. The highest BCUT2D eigenvalue weighted by molar-refractivity contribution is 7.87. The van der Waals surface area contributed by atoms with E-state index < -0.39 is 16.3 Å². The summed E-state index contributed by atoms with van der Waals surface area (Å²) in [7, 11) is -3.42. The summed E-state index contributed by atoms with van der Waals surface area (Å²) >= 11 is 0. The van der Waals surface area contributed by atoms with E-state index in [2.05, 4.69) is 10.6 Å². The van der Waals surface area contributed by atoms with E-state index in [1.165, 1.54) is 4.31 Å². The second-order valence-electron chi connectivity index (χ2n) is 3.22. The van der Waals surface area contributed by atoms with Crippen molar-refractivity contribution < 1.29 is 8.42 Å². The summed E-state index contributed by atoms with van der Waals surface area (Å²) in [6, 6.07) is -0.402. The minimum atomic E-state index is -3.42. The van der Waals surface area contributed by atoms with Crippen LogP contribution in [0.2, 0.25) is 0 Å². The zero-order valence-electron chi connectivity index (χ0n) is 9.66. The van der Waals surface area contributed by atoms with Crippen LogP contribution in [-0.4, -0.2) is 31.9 Å². The van der Waals surface area contributed by atoms with Crippen molar-refractivity contribution in [3.05, 3.63) is 0 Å². The molecule has 0 aromatic rings. The van der Waals surface area contributed by atoms with E-state index in [9.17, 15) is 8.42 Å². The van der Waals surface area contributed by atoms with Gasteiger partial charge in [-0.05, 0) is 6.42 Å². The molecule has 88 valence electrons. The summed E-state index contributed by atoms with van der Waals surface area (Å²) in [6.45, 7) is 6.47. The van der Waals surface area contributed by atoms with Crippen LogP contribution in [0.3, 0.4) is 0 Å². The normalized spacial score (nSPS) is 13.8. The minimum Gasteiger partial charge on any atom is -0.195 e. The van der Waals surface area contributed by atoms with E-state index in [4.69, 9.17) is 6.42 Å². The molecular weight excluding hydrogens is 212 g/mol. The summed E-state index contributed by atoms with van der Waals surface area (Å²) in [5.74, 6) is 2.45. The highest BCUT2D eigenvalue weighted by Crippen LogP contribution is 2.02. The maximum absolute atomic E-state index is 11.8. The predicted molar refractivity (Wildman–Crippen MR) is 62.5 cm³/mol. The lowest BCUT2D eigenvalue weighted by Crippen LogP contribution is -2.44. The van der Waals surface area contributed by atoms with Crippen LogP contribution in [-0.2, 0) is 10.2 Å². The average Bonchev–Trinajstić information content (AvgIpc) is 2.18. The standard InChI is InChI=1S/C10H20N2O2S/c1-5-9-10(6-2)11-15(13,14)12(7-3)8-4/h2,10-11H,5,7-9H2,1,3-4H3. The fourth-order valence-electron chi connectivity index (χ4n) is 1.28. The van der Waals surface area contributed by atoms with Crippen molar-refractivity contribution in [2.24, 2.45) is 0 Å². The molecule has 0 saturated carbocycles. The molecule has 5 heteroatoms. The molecule has 0 aliphatic heterocycles. The second-order valence-corrected chi connectivity index (χ2v) is 4.92. The van der Waals surface area contributed by atoms with E-state index in [0.29, 0.717) is 19.5 Å². The van der Waals surface area contributed by atoms with E-state index in [1.54, 1.807) is 13.8 Å². The van der Waals surface area contributed by atoms with Crippen molar-refractivity contribution in [1.29, 1.82) is 0 Å². The Balaban J connectivity index is 4.55. The zero-order valence-corrected chi connectivity index (χ0v) is 10.5. The van der Waals surface area contributed by atoms with Gasteiger partial charge in [0.1, 0.15) is 0 Å². The van der Waals surface area contributed by atoms with Gasteiger partial charge < -0.3 is 0 Å². The summed E-state index contributed by atoms with van der Waals surface area (Å²) in [6.07, 6.45) is 6.77. The molecular formula is C10H20N2O2S. The van der Waals surface area contributed by atoms with Gasteiger partial charge in [-0.2, -0.15) is 17.4 Å². The molecule has 0 bridgehead atoms. The number of nitrogens with one attached hydrogen (secondary N) is 1. The van der Waals surface area contributed by atoms with Crippen LogP contribution in [0.25, 0.3) is 0 Å². The lowest BCUT2D eigenvalue weighted by atomic mass is 10.2. The van der Waals surface area contributed by atoms with E-state index in [1.807, 2.05) is 6.92 Å². The maximum atomic E-state index is 11.8. The summed E-state index contributed by atoms with van der Waals surface area (Å²) in [5, 5.41) is 0. The van der Waals surface area contributed by atoms with Gasteiger partial charge in [-0.25, -0.2) is 0 Å². The Labute approximate surface area is 93.2 Å². The largest absolute Gasteiger partial charge is 0.280 e. The predicted octanol–water partition coefficient (Wildman–Crippen LogP) is 0.964. The molecule has 0 amide bonds. The number of terminal acetylenes is 1. The molecule has 1 unspecified atom stereocenters. The van der Waals surface area contributed by atoms with Gasteiger partial charge in [-0.3, -0.25) is 0 Å². The molecule has 4 nitrogen and oxygen atoms in total. The van der Waals surface area contributed by atoms with Crippen molar-refractivity contribution in [2.45, 2.75) is 39.7 Å². The Morgan fingerprint density at radius 3 is 2.20 bits per heavy atom. The Hall–Kier alpha value is -0.570. The minimum absolute atomic E-state index is 0.402. The Kier molecular flexibility index (Phi) is 6.57. The molecule has 0 rings (SSSR count). The SMILES string of the molecule is C#CC(CCC)NS(=O)(=O)N(CC)CC. The van der Waals surface area contributed by atoms with E-state index in [-0.39, 0.29) is 0 Å². The lowest BCUT2D eigenvalue weighted by molar-refractivity contribution is 0.429. The van der Waals surface area contributed by atoms with Crippen molar-refractivity contribution in [3.8, 4) is 12.3 Å². The number of nitrogens with zero attached hydrogens (tertiary/aromatic N) is 1. The summed E-state index contributed by atoms with van der Waals surface area (Å²) in [4.78, 5) is 0. The molecule has 0 saturated heterocycles. The fraction of sp³-hybridized carbons (Fsp3) is 0.800. The van der Waals surface area contributed by atoms with Crippen LogP contribution in [0.5, 0.6) is 0 Å². The third-order valence-electron chi connectivity index (χ3n) is 2.12. The second kappa shape index (κ2) is 6.83. The Bertz CT molecular complexity index is 302. The van der Waals surface area contributed by atoms with Gasteiger partial charge in [-0.15, -0.1) is 6.42 Å². The van der Waals surface area contributed by atoms with E-state index in [0.717, 1.165) is 6.42 Å². The van der Waals surface area contributed by atoms with E-state index >= 15 is 0 Å². The lowest BCUT2D eigenvalue weighted by Gasteiger charge is -2.21. The first-order chi connectivity index (χ1) is 7.01. The van der Waals surface area contributed by atoms with Gasteiger partial charge in [-0.1, -0.05) is 33.1 Å². The van der Waals surface area contributed by atoms with Crippen molar-refractivity contribution >= 4 is 10.2 Å². The van der Waals surface area contributed by atoms with Crippen LogP contribution in [0, 0.1) is 12.3 Å². The highest BCUT2D eigenvalue weighted by atomic mass is 32.2. The van der Waals surface area contributed by atoms with Gasteiger partial charge in [0, 0.05) is 13.1 Å². The molecule has 1 N–H and O–H groups in total. The molecule has 15 heavy (non-hydrogen) atoms. The van der Waals surface area contributed by atoms with Gasteiger partial charge in [0.05, 0.1) is 6.04 Å². The Morgan fingerprint density at radius 2 is 1.87 bits per heavy atom. The molecule has 0 radical (unpaired) electrons. The fourth-order valence-corrected chi connectivity index (χ4v) is 2.66. The van der Waals surface area contributed by atoms with Gasteiger partial charge in [0.15, 0.2) is 0 Å². The summed E-state index contributed by atoms with van der Waals surface area (Å²) < 4.78 is 27.4. The topological polar surface area (TPSA) is 49.4 Å². The first-order valence-electron chi connectivity index (χ1n) is 5.25. The molecule has 0 aromatic heterocycles. The maximum Gasteiger partial charge on any atom is 0.280 e. The monoisotopic (exact) mass is 232 g/mol. The average molecular weight is 232 g/mol. The quantitative estimate of drug-likeness (QED) is 0.665. The van der Waals surface area contributed by atoms with Crippen molar-refractivity contribution in [2.75, 3.05) is 13.1 Å².